The van der Waals surface area contributed by atoms with Gasteiger partial charge in [0.1, 0.15) is 5.82 Å². The molecule has 1 aromatic heterocycles. The molecule has 0 radical (unpaired) electrons. The lowest BCUT2D eigenvalue weighted by atomic mass is 10.2. The van der Waals surface area contributed by atoms with Gasteiger partial charge in [0.05, 0.1) is 5.56 Å². The summed E-state index contributed by atoms with van der Waals surface area (Å²) in [6.07, 6.45) is 4.25. The number of hydrogen-bond acceptors (Lipinski definition) is 4. The van der Waals surface area contributed by atoms with Crippen LogP contribution in [0.25, 0.3) is 0 Å². The SMILES string of the molecule is CCNc1ncccc1C(=O)NCCN1CCCC1. The highest BCUT2D eigenvalue weighted by Crippen LogP contribution is 2.11. The fourth-order valence-corrected chi connectivity index (χ4v) is 2.33. The van der Waals surface area contributed by atoms with E-state index in [1.807, 2.05) is 6.92 Å². The van der Waals surface area contributed by atoms with Crippen molar-refractivity contribution in [2.24, 2.45) is 0 Å². The maximum Gasteiger partial charge on any atom is 0.255 e. The predicted molar refractivity (Wildman–Crippen MR) is 76.4 cm³/mol. The normalized spacial score (nSPS) is 15.4. The van der Waals surface area contributed by atoms with Crippen molar-refractivity contribution < 1.29 is 4.79 Å². The van der Waals surface area contributed by atoms with Crippen molar-refractivity contribution in [3.05, 3.63) is 23.9 Å². The van der Waals surface area contributed by atoms with Crippen molar-refractivity contribution >= 4 is 11.7 Å². The number of anilines is 1. The summed E-state index contributed by atoms with van der Waals surface area (Å²) in [7, 11) is 0. The van der Waals surface area contributed by atoms with Gasteiger partial charge >= 0.3 is 0 Å². The Morgan fingerprint density at radius 3 is 2.95 bits per heavy atom. The molecule has 0 spiro atoms. The van der Waals surface area contributed by atoms with Crippen molar-refractivity contribution in [3.63, 3.8) is 0 Å². The van der Waals surface area contributed by atoms with Gasteiger partial charge < -0.3 is 15.5 Å². The van der Waals surface area contributed by atoms with Gasteiger partial charge in [0.15, 0.2) is 0 Å². The van der Waals surface area contributed by atoms with E-state index in [9.17, 15) is 4.79 Å². The van der Waals surface area contributed by atoms with Crippen LogP contribution in [0.2, 0.25) is 0 Å². The van der Waals surface area contributed by atoms with Crippen LogP contribution in [0.1, 0.15) is 30.1 Å². The number of aromatic nitrogens is 1. The lowest BCUT2D eigenvalue weighted by Gasteiger charge is -2.15. The minimum absolute atomic E-state index is 0.0525. The van der Waals surface area contributed by atoms with Crippen LogP contribution in [0.15, 0.2) is 18.3 Å². The molecule has 0 saturated carbocycles. The van der Waals surface area contributed by atoms with Crippen molar-refractivity contribution in [1.29, 1.82) is 0 Å². The molecular formula is C14H22N4O. The minimum Gasteiger partial charge on any atom is -0.370 e. The van der Waals surface area contributed by atoms with E-state index in [0.717, 1.165) is 26.2 Å². The third-order valence-corrected chi connectivity index (χ3v) is 3.31. The van der Waals surface area contributed by atoms with Crippen LogP contribution in [0.5, 0.6) is 0 Å². The summed E-state index contributed by atoms with van der Waals surface area (Å²) < 4.78 is 0. The fourth-order valence-electron chi connectivity index (χ4n) is 2.33. The molecule has 0 unspecified atom stereocenters. The Balaban J connectivity index is 1.84. The van der Waals surface area contributed by atoms with Gasteiger partial charge in [-0.1, -0.05) is 0 Å². The number of carbonyl (C=O) groups is 1. The molecule has 19 heavy (non-hydrogen) atoms. The zero-order chi connectivity index (χ0) is 13.5. The average Bonchev–Trinajstić information content (AvgIpc) is 2.93. The molecule has 1 aromatic rings. The predicted octanol–water partition coefficient (Wildman–Crippen LogP) is 1.34. The fraction of sp³-hybridized carbons (Fsp3) is 0.571. The monoisotopic (exact) mass is 262 g/mol. The summed E-state index contributed by atoms with van der Waals surface area (Å²) in [6, 6.07) is 3.59. The summed E-state index contributed by atoms with van der Waals surface area (Å²) in [6.45, 7) is 6.69. The largest absolute Gasteiger partial charge is 0.370 e. The number of nitrogens with zero attached hydrogens (tertiary/aromatic N) is 2. The second-order valence-corrected chi connectivity index (χ2v) is 4.73. The van der Waals surface area contributed by atoms with Gasteiger partial charge in [-0.25, -0.2) is 4.98 Å². The second kappa shape index (κ2) is 7.09. The lowest BCUT2D eigenvalue weighted by molar-refractivity contribution is 0.0950. The van der Waals surface area contributed by atoms with Gasteiger partial charge in [0.2, 0.25) is 0 Å². The number of amides is 1. The topological polar surface area (TPSA) is 57.3 Å². The third kappa shape index (κ3) is 3.92. The van der Waals surface area contributed by atoms with E-state index in [0.29, 0.717) is 17.9 Å². The molecule has 5 nitrogen and oxygen atoms in total. The van der Waals surface area contributed by atoms with Gasteiger partial charge in [-0.05, 0) is 45.0 Å². The molecule has 0 aliphatic carbocycles. The Labute approximate surface area is 114 Å². The average molecular weight is 262 g/mol. The van der Waals surface area contributed by atoms with Gasteiger partial charge in [0.25, 0.3) is 5.91 Å². The summed E-state index contributed by atoms with van der Waals surface area (Å²) in [5.74, 6) is 0.604. The quantitative estimate of drug-likeness (QED) is 0.812. The van der Waals surface area contributed by atoms with Crippen molar-refractivity contribution in [2.45, 2.75) is 19.8 Å². The Morgan fingerprint density at radius 1 is 1.42 bits per heavy atom. The molecule has 2 rings (SSSR count). The second-order valence-electron chi connectivity index (χ2n) is 4.73. The number of hydrogen-bond donors (Lipinski definition) is 2. The number of nitrogens with one attached hydrogen (secondary N) is 2. The van der Waals surface area contributed by atoms with Crippen LogP contribution >= 0.6 is 0 Å². The van der Waals surface area contributed by atoms with E-state index in [2.05, 4.69) is 20.5 Å². The summed E-state index contributed by atoms with van der Waals surface area (Å²) in [4.78, 5) is 18.7. The van der Waals surface area contributed by atoms with Crippen molar-refractivity contribution in [2.75, 3.05) is 38.0 Å². The molecule has 1 aliphatic rings. The standard InChI is InChI=1S/C14H22N4O/c1-2-15-13-12(6-5-7-16-13)14(19)17-8-11-18-9-3-4-10-18/h5-7H,2-4,8-11H2,1H3,(H,15,16)(H,17,19). The highest BCUT2D eigenvalue weighted by atomic mass is 16.1. The first-order chi connectivity index (χ1) is 9.31. The van der Waals surface area contributed by atoms with Gasteiger partial charge in [-0.3, -0.25) is 4.79 Å². The maximum absolute atomic E-state index is 12.1. The van der Waals surface area contributed by atoms with Crippen LogP contribution in [-0.2, 0) is 0 Å². The number of rotatable bonds is 6. The van der Waals surface area contributed by atoms with E-state index in [1.54, 1.807) is 18.3 Å². The van der Waals surface area contributed by atoms with Gasteiger partial charge in [0, 0.05) is 25.8 Å². The first-order valence-electron chi connectivity index (χ1n) is 7.00. The number of pyridine rings is 1. The maximum atomic E-state index is 12.1. The zero-order valence-electron chi connectivity index (χ0n) is 11.5. The Kier molecular flexibility index (Phi) is 5.15. The van der Waals surface area contributed by atoms with Crippen LogP contribution in [-0.4, -0.2) is 48.5 Å². The Morgan fingerprint density at radius 2 is 2.21 bits per heavy atom. The van der Waals surface area contributed by atoms with Crippen molar-refractivity contribution in [1.82, 2.24) is 15.2 Å². The van der Waals surface area contributed by atoms with E-state index in [-0.39, 0.29) is 5.91 Å². The van der Waals surface area contributed by atoms with Gasteiger partial charge in [-0.15, -0.1) is 0 Å². The first kappa shape index (κ1) is 13.8. The van der Waals surface area contributed by atoms with E-state index in [4.69, 9.17) is 0 Å². The number of likely N-dealkylation sites (tertiary alicyclic amines) is 1. The van der Waals surface area contributed by atoms with Crippen LogP contribution < -0.4 is 10.6 Å². The smallest absolute Gasteiger partial charge is 0.255 e. The first-order valence-corrected chi connectivity index (χ1v) is 7.00. The van der Waals surface area contributed by atoms with Crippen LogP contribution in [0, 0.1) is 0 Å². The molecule has 2 heterocycles. The molecule has 0 aromatic carbocycles. The molecule has 1 amide bonds. The van der Waals surface area contributed by atoms with Gasteiger partial charge in [-0.2, -0.15) is 0 Å². The Hall–Kier alpha value is -1.62. The molecule has 104 valence electrons. The molecule has 0 atom stereocenters. The van der Waals surface area contributed by atoms with E-state index >= 15 is 0 Å². The van der Waals surface area contributed by atoms with Crippen molar-refractivity contribution in [3.8, 4) is 0 Å². The lowest BCUT2D eigenvalue weighted by Crippen LogP contribution is -2.33. The molecule has 1 fully saturated rings. The van der Waals surface area contributed by atoms with Crippen LogP contribution in [0.3, 0.4) is 0 Å². The Bertz CT molecular complexity index is 416. The van der Waals surface area contributed by atoms with Crippen LogP contribution in [0.4, 0.5) is 5.82 Å². The molecule has 5 heteroatoms. The molecule has 1 saturated heterocycles. The number of carbonyl (C=O) groups excluding carboxylic acids is 1. The highest BCUT2D eigenvalue weighted by Gasteiger charge is 2.13. The molecule has 1 aliphatic heterocycles. The summed E-state index contributed by atoms with van der Waals surface area (Å²) >= 11 is 0. The molecule has 0 bridgehead atoms. The minimum atomic E-state index is -0.0525. The summed E-state index contributed by atoms with van der Waals surface area (Å²) in [5, 5.41) is 6.07. The van der Waals surface area contributed by atoms with E-state index in [1.165, 1.54) is 12.8 Å². The third-order valence-electron chi connectivity index (χ3n) is 3.31. The molecular weight excluding hydrogens is 240 g/mol. The highest BCUT2D eigenvalue weighted by molar-refractivity contribution is 5.98. The summed E-state index contributed by atoms with van der Waals surface area (Å²) in [5.41, 5.74) is 0.616. The molecule has 2 N–H and O–H groups in total. The van der Waals surface area contributed by atoms with E-state index < -0.39 is 0 Å². The zero-order valence-corrected chi connectivity index (χ0v) is 11.5.